The third-order valence-corrected chi connectivity index (χ3v) is 2.92. The Morgan fingerprint density at radius 3 is 2.33 bits per heavy atom. The summed E-state index contributed by atoms with van der Waals surface area (Å²) in [4.78, 5) is 0. The first-order chi connectivity index (χ1) is 10.2. The summed E-state index contributed by atoms with van der Waals surface area (Å²) in [5.41, 5.74) is 1.94. The zero-order valence-corrected chi connectivity index (χ0v) is 11.8. The highest BCUT2D eigenvalue weighted by Gasteiger charge is 2.02. The van der Waals surface area contributed by atoms with Gasteiger partial charge in [0.25, 0.3) is 0 Å². The minimum Gasteiger partial charge on any atom is -0.504 e. The topological polar surface area (TPSA) is 58.9 Å². The Morgan fingerprint density at radius 1 is 1.00 bits per heavy atom. The summed E-state index contributed by atoms with van der Waals surface area (Å²) in [5.74, 6) is 1.24. The minimum atomic E-state index is -0.0919. The molecule has 0 fully saturated rings. The van der Waals surface area contributed by atoms with Crippen molar-refractivity contribution in [3.05, 3.63) is 53.6 Å². The van der Waals surface area contributed by atoms with Crippen molar-refractivity contribution in [1.29, 1.82) is 0 Å². The normalized spacial score (nSPS) is 10.8. The van der Waals surface area contributed by atoms with E-state index in [1.165, 1.54) is 0 Å². The van der Waals surface area contributed by atoms with Gasteiger partial charge in [0.1, 0.15) is 12.4 Å². The summed E-state index contributed by atoms with van der Waals surface area (Å²) in [6.45, 7) is 0.0601. The lowest BCUT2D eigenvalue weighted by atomic mass is 10.1. The molecule has 0 unspecified atom stereocenters. The van der Waals surface area contributed by atoms with Crippen molar-refractivity contribution in [2.24, 2.45) is 0 Å². The molecule has 0 aliphatic carbocycles. The van der Waals surface area contributed by atoms with Crippen LogP contribution in [0.4, 0.5) is 0 Å². The summed E-state index contributed by atoms with van der Waals surface area (Å²) in [6.07, 6.45) is 3.88. The van der Waals surface area contributed by atoms with Crippen molar-refractivity contribution in [3.63, 3.8) is 0 Å². The Morgan fingerprint density at radius 2 is 1.67 bits per heavy atom. The van der Waals surface area contributed by atoms with Gasteiger partial charge in [0.15, 0.2) is 11.5 Å². The highest BCUT2D eigenvalue weighted by molar-refractivity contribution is 5.71. The number of hydrogen-bond donors (Lipinski definition) is 2. The molecule has 0 aliphatic heterocycles. The Labute approximate surface area is 123 Å². The predicted molar refractivity (Wildman–Crippen MR) is 82.6 cm³/mol. The fourth-order valence-corrected chi connectivity index (χ4v) is 1.81. The number of ether oxygens (including phenoxy) is 2. The highest BCUT2D eigenvalue weighted by Crippen LogP contribution is 2.27. The molecule has 0 bridgehead atoms. The van der Waals surface area contributed by atoms with Gasteiger partial charge in [0.2, 0.25) is 0 Å². The molecule has 0 aromatic heterocycles. The second-order valence-electron chi connectivity index (χ2n) is 4.41. The number of methoxy groups -OCH3 is 1. The summed E-state index contributed by atoms with van der Waals surface area (Å²) in [6, 6.07) is 12.8. The standard InChI is InChI=1S/C17H18O4/c1-20-15-7-4-13(5-8-15)2-3-14-6-9-16(19)17(12-14)21-11-10-18/h2-9,12,18-19H,10-11H2,1H3/b3-2+. The molecule has 0 saturated heterocycles. The van der Waals surface area contributed by atoms with Crippen LogP contribution in [0.15, 0.2) is 42.5 Å². The van der Waals surface area contributed by atoms with Crippen molar-refractivity contribution in [2.45, 2.75) is 0 Å². The van der Waals surface area contributed by atoms with Gasteiger partial charge in [0, 0.05) is 0 Å². The molecular weight excluding hydrogens is 268 g/mol. The number of aliphatic hydroxyl groups excluding tert-OH is 1. The average molecular weight is 286 g/mol. The zero-order valence-electron chi connectivity index (χ0n) is 11.8. The maximum absolute atomic E-state index is 9.66. The molecule has 2 aromatic carbocycles. The number of hydrogen-bond acceptors (Lipinski definition) is 4. The van der Waals surface area contributed by atoms with E-state index < -0.39 is 0 Å². The number of rotatable bonds is 6. The quantitative estimate of drug-likeness (QED) is 0.802. The number of phenolic OH excluding ortho intramolecular Hbond substituents is 1. The predicted octanol–water partition coefficient (Wildman–Crippen LogP) is 2.94. The van der Waals surface area contributed by atoms with Gasteiger partial charge in [-0.3, -0.25) is 0 Å². The van der Waals surface area contributed by atoms with E-state index in [-0.39, 0.29) is 19.0 Å². The molecule has 21 heavy (non-hydrogen) atoms. The van der Waals surface area contributed by atoms with Crippen LogP contribution in [0.25, 0.3) is 12.2 Å². The monoisotopic (exact) mass is 286 g/mol. The smallest absolute Gasteiger partial charge is 0.161 e. The molecule has 0 aliphatic rings. The van der Waals surface area contributed by atoms with Gasteiger partial charge in [-0.2, -0.15) is 0 Å². The fourth-order valence-electron chi connectivity index (χ4n) is 1.81. The Hall–Kier alpha value is -2.46. The summed E-state index contributed by atoms with van der Waals surface area (Å²) < 4.78 is 10.4. The van der Waals surface area contributed by atoms with Crippen LogP contribution in [-0.2, 0) is 0 Å². The lowest BCUT2D eigenvalue weighted by molar-refractivity contribution is 0.197. The van der Waals surface area contributed by atoms with Crippen LogP contribution < -0.4 is 9.47 Å². The van der Waals surface area contributed by atoms with Gasteiger partial charge in [-0.25, -0.2) is 0 Å². The molecule has 0 saturated carbocycles. The van der Waals surface area contributed by atoms with Crippen LogP contribution in [0.1, 0.15) is 11.1 Å². The molecule has 0 amide bonds. The van der Waals surface area contributed by atoms with E-state index in [2.05, 4.69) is 0 Å². The second-order valence-corrected chi connectivity index (χ2v) is 4.41. The molecule has 4 nitrogen and oxygen atoms in total. The van der Waals surface area contributed by atoms with E-state index in [9.17, 15) is 5.11 Å². The van der Waals surface area contributed by atoms with Crippen molar-refractivity contribution < 1.29 is 19.7 Å². The first-order valence-corrected chi connectivity index (χ1v) is 6.62. The minimum absolute atomic E-state index is 0.0602. The van der Waals surface area contributed by atoms with E-state index >= 15 is 0 Å². The molecule has 2 N–H and O–H groups in total. The van der Waals surface area contributed by atoms with E-state index in [1.807, 2.05) is 36.4 Å². The molecule has 0 atom stereocenters. The van der Waals surface area contributed by atoms with Crippen LogP contribution in [0.5, 0.6) is 17.2 Å². The molecule has 0 radical (unpaired) electrons. The summed E-state index contributed by atoms with van der Waals surface area (Å²) >= 11 is 0. The summed E-state index contributed by atoms with van der Waals surface area (Å²) in [5, 5.41) is 18.4. The lowest BCUT2D eigenvalue weighted by Gasteiger charge is -2.07. The van der Waals surface area contributed by atoms with Crippen LogP contribution in [-0.4, -0.2) is 30.5 Å². The molecular formula is C17H18O4. The molecule has 4 heteroatoms. The van der Waals surface area contributed by atoms with Crippen molar-refractivity contribution in [1.82, 2.24) is 0 Å². The highest BCUT2D eigenvalue weighted by atomic mass is 16.5. The van der Waals surface area contributed by atoms with E-state index in [4.69, 9.17) is 14.6 Å². The average Bonchev–Trinajstić information content (AvgIpc) is 2.53. The van der Waals surface area contributed by atoms with E-state index in [0.717, 1.165) is 16.9 Å². The lowest BCUT2D eigenvalue weighted by Crippen LogP contribution is -2.01. The van der Waals surface area contributed by atoms with E-state index in [1.54, 1.807) is 25.3 Å². The number of benzene rings is 2. The van der Waals surface area contributed by atoms with Gasteiger partial charge in [0.05, 0.1) is 13.7 Å². The van der Waals surface area contributed by atoms with Crippen LogP contribution in [0.2, 0.25) is 0 Å². The van der Waals surface area contributed by atoms with Crippen molar-refractivity contribution >= 4 is 12.2 Å². The van der Waals surface area contributed by atoms with Gasteiger partial charge in [-0.15, -0.1) is 0 Å². The Kier molecular flexibility index (Phi) is 5.23. The number of phenols is 1. The van der Waals surface area contributed by atoms with Crippen molar-refractivity contribution in [2.75, 3.05) is 20.3 Å². The van der Waals surface area contributed by atoms with Gasteiger partial charge < -0.3 is 19.7 Å². The molecule has 0 spiro atoms. The van der Waals surface area contributed by atoms with Crippen LogP contribution in [0, 0.1) is 0 Å². The second kappa shape index (κ2) is 7.36. The molecule has 0 heterocycles. The Bertz CT molecular complexity index is 603. The van der Waals surface area contributed by atoms with Crippen LogP contribution in [0.3, 0.4) is 0 Å². The summed E-state index contributed by atoms with van der Waals surface area (Å²) in [7, 11) is 1.63. The maximum Gasteiger partial charge on any atom is 0.161 e. The third-order valence-electron chi connectivity index (χ3n) is 2.92. The third kappa shape index (κ3) is 4.26. The van der Waals surface area contributed by atoms with Crippen LogP contribution >= 0.6 is 0 Å². The molecule has 2 aromatic rings. The van der Waals surface area contributed by atoms with Gasteiger partial charge in [-0.1, -0.05) is 30.4 Å². The molecule has 110 valence electrons. The number of aromatic hydroxyl groups is 1. The number of aliphatic hydroxyl groups is 1. The fraction of sp³-hybridized carbons (Fsp3) is 0.176. The SMILES string of the molecule is COc1ccc(/C=C/c2ccc(O)c(OCCO)c2)cc1. The Balaban J connectivity index is 2.12. The van der Waals surface area contributed by atoms with Gasteiger partial charge in [-0.05, 0) is 35.4 Å². The van der Waals surface area contributed by atoms with Crippen molar-refractivity contribution in [3.8, 4) is 17.2 Å². The largest absolute Gasteiger partial charge is 0.504 e. The molecule has 2 rings (SSSR count). The maximum atomic E-state index is 9.66. The zero-order chi connectivity index (χ0) is 15.1. The first-order valence-electron chi connectivity index (χ1n) is 6.62. The van der Waals surface area contributed by atoms with Gasteiger partial charge >= 0.3 is 0 Å². The first kappa shape index (κ1) is 14.9. The van der Waals surface area contributed by atoms with E-state index in [0.29, 0.717) is 5.75 Å².